The van der Waals surface area contributed by atoms with Crippen LogP contribution in [0.1, 0.15) is 61.0 Å². The first-order valence-electron chi connectivity index (χ1n) is 17.5. The molecule has 0 atom stereocenters. The first-order valence-corrected chi connectivity index (χ1v) is 17.5. The lowest BCUT2D eigenvalue weighted by Crippen LogP contribution is -2.42. The van der Waals surface area contributed by atoms with Crippen LogP contribution in [-0.4, -0.2) is 90.9 Å². The smallest absolute Gasteiger partial charge is 0.310 e. The molecule has 2 aliphatic rings. The van der Waals surface area contributed by atoms with Crippen molar-refractivity contribution in [1.29, 1.82) is 0 Å². The summed E-state index contributed by atoms with van der Waals surface area (Å²) in [5.41, 5.74) is 3.94. The third kappa shape index (κ3) is 9.51. The van der Waals surface area contributed by atoms with Gasteiger partial charge in [-0.15, -0.1) is 0 Å². The molecular formula is C39H49FN4O4. The van der Waals surface area contributed by atoms with Crippen molar-refractivity contribution in [3.63, 3.8) is 0 Å². The Balaban J connectivity index is 0.998. The number of hydrogen-bond acceptors (Lipinski definition) is 6. The van der Waals surface area contributed by atoms with Crippen molar-refractivity contribution in [2.45, 2.75) is 58.6 Å². The Morgan fingerprint density at radius 2 is 1.52 bits per heavy atom. The van der Waals surface area contributed by atoms with Crippen LogP contribution < -0.4 is 5.32 Å². The molecule has 256 valence electrons. The third-order valence-corrected chi connectivity index (χ3v) is 9.68. The van der Waals surface area contributed by atoms with E-state index < -0.39 is 11.7 Å². The first-order chi connectivity index (χ1) is 23.3. The number of benzene rings is 3. The van der Waals surface area contributed by atoms with Crippen LogP contribution in [0.15, 0.2) is 72.8 Å². The lowest BCUT2D eigenvalue weighted by atomic mass is 9.95. The fourth-order valence-corrected chi connectivity index (χ4v) is 6.86. The summed E-state index contributed by atoms with van der Waals surface area (Å²) in [4.78, 5) is 44.7. The van der Waals surface area contributed by atoms with Crippen LogP contribution in [0.4, 0.5) is 4.39 Å². The summed E-state index contributed by atoms with van der Waals surface area (Å²) in [5, 5.41) is 2.86. The molecule has 3 aromatic carbocycles. The fourth-order valence-electron chi connectivity index (χ4n) is 6.86. The van der Waals surface area contributed by atoms with Crippen molar-refractivity contribution < 1.29 is 23.5 Å². The Kier molecular flexibility index (Phi) is 12.7. The van der Waals surface area contributed by atoms with Crippen molar-refractivity contribution in [2.75, 3.05) is 52.4 Å². The van der Waals surface area contributed by atoms with Crippen LogP contribution in [0.2, 0.25) is 0 Å². The molecule has 48 heavy (non-hydrogen) atoms. The summed E-state index contributed by atoms with van der Waals surface area (Å²) in [6.07, 6.45) is 3.20. The predicted octanol–water partition coefficient (Wildman–Crippen LogP) is 5.55. The lowest BCUT2D eigenvalue weighted by Gasteiger charge is -2.33. The van der Waals surface area contributed by atoms with Gasteiger partial charge >= 0.3 is 5.97 Å². The monoisotopic (exact) mass is 656 g/mol. The summed E-state index contributed by atoms with van der Waals surface area (Å²) in [6, 6.07) is 22.8. The van der Waals surface area contributed by atoms with E-state index >= 15 is 0 Å². The Morgan fingerprint density at radius 3 is 2.21 bits per heavy atom. The van der Waals surface area contributed by atoms with E-state index in [-0.39, 0.29) is 35.9 Å². The minimum Gasteiger partial charge on any atom is -0.462 e. The molecule has 8 nitrogen and oxygen atoms in total. The molecule has 0 saturated carbocycles. The Hall–Kier alpha value is -4.08. The van der Waals surface area contributed by atoms with Crippen LogP contribution in [-0.2, 0) is 27.3 Å². The van der Waals surface area contributed by atoms with E-state index in [1.54, 1.807) is 6.07 Å². The average molecular weight is 657 g/mol. The van der Waals surface area contributed by atoms with Crippen molar-refractivity contribution in [3.05, 3.63) is 95.3 Å². The zero-order valence-corrected chi connectivity index (χ0v) is 28.3. The predicted molar refractivity (Wildman–Crippen MR) is 186 cm³/mol. The summed E-state index contributed by atoms with van der Waals surface area (Å²) in [5.74, 6) is -0.861. The average Bonchev–Trinajstić information content (AvgIpc) is 3.10. The molecule has 2 amide bonds. The van der Waals surface area contributed by atoms with Gasteiger partial charge < -0.3 is 19.9 Å². The van der Waals surface area contributed by atoms with Crippen LogP contribution in [0, 0.1) is 11.7 Å². The molecule has 2 fully saturated rings. The maximum atomic E-state index is 15.0. The van der Waals surface area contributed by atoms with Crippen molar-refractivity contribution >= 4 is 17.8 Å². The van der Waals surface area contributed by atoms with E-state index in [0.29, 0.717) is 19.6 Å². The number of nitrogens with zero attached hydrogens (tertiary/aromatic N) is 3. The number of esters is 1. The SMILES string of the molecule is CCN(CC)C(=O)C1CCN(Cc2ccc(C(=O)NCCN3CCC(OC(=O)Cc4ccccc4-c4ccccc4)CC3)c(F)c2)CC1. The summed E-state index contributed by atoms with van der Waals surface area (Å²) in [6.45, 7) is 10.2. The first kappa shape index (κ1) is 35.2. The number of hydrogen-bond donors (Lipinski definition) is 1. The normalized spacial score (nSPS) is 16.4. The van der Waals surface area contributed by atoms with Crippen molar-refractivity contribution in [1.82, 2.24) is 20.0 Å². The van der Waals surface area contributed by atoms with Crippen molar-refractivity contribution in [3.8, 4) is 11.1 Å². The summed E-state index contributed by atoms with van der Waals surface area (Å²) in [7, 11) is 0. The number of carbonyl (C=O) groups excluding carboxylic acids is 3. The second kappa shape index (κ2) is 17.4. The lowest BCUT2D eigenvalue weighted by molar-refractivity contribution is -0.150. The highest BCUT2D eigenvalue weighted by Gasteiger charge is 2.28. The molecule has 2 saturated heterocycles. The molecule has 0 bridgehead atoms. The number of likely N-dealkylation sites (tertiary alicyclic amines) is 2. The molecule has 0 radical (unpaired) electrons. The molecule has 0 unspecified atom stereocenters. The standard InChI is InChI=1S/C39H49FN4O4/c1-3-44(4-2)39(47)31-16-21-43(22-17-31)28-29-14-15-35(36(40)26-29)38(46)41-20-25-42-23-18-33(19-24-42)48-37(45)27-32-12-8-9-13-34(32)30-10-6-5-7-11-30/h5-15,26,31,33H,3-4,16-25,27-28H2,1-2H3,(H,41,46). The van der Waals surface area contributed by atoms with E-state index in [4.69, 9.17) is 4.74 Å². The van der Waals surface area contributed by atoms with Gasteiger partial charge in [-0.05, 0) is 87.0 Å². The van der Waals surface area contributed by atoms with E-state index in [2.05, 4.69) is 15.1 Å². The van der Waals surface area contributed by atoms with Gasteiger partial charge in [0.1, 0.15) is 11.9 Å². The number of nitrogens with one attached hydrogen (secondary N) is 1. The zero-order valence-electron chi connectivity index (χ0n) is 28.3. The maximum absolute atomic E-state index is 15.0. The molecular weight excluding hydrogens is 607 g/mol. The highest BCUT2D eigenvalue weighted by Crippen LogP contribution is 2.25. The highest BCUT2D eigenvalue weighted by molar-refractivity contribution is 5.94. The van der Waals surface area contributed by atoms with Gasteiger partial charge in [-0.25, -0.2) is 4.39 Å². The zero-order chi connectivity index (χ0) is 33.9. The van der Waals surface area contributed by atoms with Crippen LogP contribution in [0.5, 0.6) is 0 Å². The molecule has 0 aromatic heterocycles. The van der Waals surface area contributed by atoms with Gasteiger partial charge in [0, 0.05) is 51.7 Å². The number of rotatable bonds is 13. The van der Waals surface area contributed by atoms with Gasteiger partial charge in [0.2, 0.25) is 5.91 Å². The fraction of sp³-hybridized carbons (Fsp3) is 0.462. The molecule has 0 aliphatic carbocycles. The third-order valence-electron chi connectivity index (χ3n) is 9.68. The van der Waals surface area contributed by atoms with E-state index in [1.165, 1.54) is 6.07 Å². The molecule has 9 heteroatoms. The maximum Gasteiger partial charge on any atom is 0.310 e. The number of piperidine rings is 2. The van der Waals surface area contributed by atoms with Gasteiger partial charge in [0.05, 0.1) is 12.0 Å². The summed E-state index contributed by atoms with van der Waals surface area (Å²) < 4.78 is 20.8. The summed E-state index contributed by atoms with van der Waals surface area (Å²) >= 11 is 0. The van der Waals surface area contributed by atoms with Crippen molar-refractivity contribution in [2.24, 2.45) is 5.92 Å². The van der Waals surface area contributed by atoms with Gasteiger partial charge in [-0.1, -0.05) is 60.7 Å². The Labute approximate surface area is 284 Å². The Bertz CT molecular complexity index is 1510. The van der Waals surface area contributed by atoms with Crippen LogP contribution in [0.25, 0.3) is 11.1 Å². The minimum absolute atomic E-state index is 0.0433. The van der Waals surface area contributed by atoms with Gasteiger partial charge in [-0.3, -0.25) is 19.3 Å². The van der Waals surface area contributed by atoms with Gasteiger partial charge in [0.15, 0.2) is 0 Å². The van der Waals surface area contributed by atoms with Gasteiger partial charge in [0.25, 0.3) is 5.91 Å². The number of carbonyl (C=O) groups is 3. The van der Waals surface area contributed by atoms with Gasteiger partial charge in [-0.2, -0.15) is 0 Å². The van der Waals surface area contributed by atoms with Crippen LogP contribution >= 0.6 is 0 Å². The molecule has 3 aromatic rings. The van der Waals surface area contributed by atoms with E-state index in [1.807, 2.05) is 79.4 Å². The number of halogens is 1. The molecule has 5 rings (SSSR count). The highest BCUT2D eigenvalue weighted by atomic mass is 19.1. The van der Waals surface area contributed by atoms with E-state index in [9.17, 15) is 18.8 Å². The minimum atomic E-state index is -0.523. The second-order valence-electron chi connectivity index (χ2n) is 12.9. The Morgan fingerprint density at radius 1 is 0.854 bits per heavy atom. The quantitative estimate of drug-likeness (QED) is 0.243. The largest absolute Gasteiger partial charge is 0.462 e. The second-order valence-corrected chi connectivity index (χ2v) is 12.9. The molecule has 1 N–H and O–H groups in total. The topological polar surface area (TPSA) is 82.2 Å². The molecule has 0 spiro atoms. The van der Waals surface area contributed by atoms with E-state index in [0.717, 1.165) is 87.2 Å². The van der Waals surface area contributed by atoms with Crippen LogP contribution in [0.3, 0.4) is 0 Å². The number of amides is 2. The molecule has 2 aliphatic heterocycles. The number of ether oxygens (including phenoxy) is 1. The molecule has 2 heterocycles.